The molecular formula is C21H16N2O3S2. The molecule has 140 valence electrons. The molecule has 2 aliphatic heterocycles. The molecule has 0 aliphatic carbocycles. The van der Waals surface area contributed by atoms with Gasteiger partial charge in [-0.2, -0.15) is 0 Å². The molecule has 2 heterocycles. The molecule has 0 saturated carbocycles. The summed E-state index contributed by atoms with van der Waals surface area (Å²) in [6.45, 7) is 1.78. The highest BCUT2D eigenvalue weighted by Crippen LogP contribution is 2.44. The Hall–Kier alpha value is -2.77. The molecule has 2 aromatic rings. The third-order valence-corrected chi connectivity index (χ3v) is 6.14. The van der Waals surface area contributed by atoms with Crippen LogP contribution in [0.2, 0.25) is 0 Å². The number of hydrogen-bond donors (Lipinski definition) is 0. The van der Waals surface area contributed by atoms with Crippen molar-refractivity contribution in [1.29, 1.82) is 0 Å². The number of anilines is 1. The van der Waals surface area contributed by atoms with Crippen molar-refractivity contribution < 1.29 is 14.4 Å². The predicted molar refractivity (Wildman–Crippen MR) is 114 cm³/mol. The first-order chi connectivity index (χ1) is 13.5. The highest BCUT2D eigenvalue weighted by atomic mass is 32.2. The van der Waals surface area contributed by atoms with Gasteiger partial charge in [0.05, 0.1) is 16.2 Å². The van der Waals surface area contributed by atoms with Crippen molar-refractivity contribution in [3.63, 3.8) is 0 Å². The Kier molecular flexibility index (Phi) is 4.87. The first-order valence-electron chi connectivity index (χ1n) is 8.75. The summed E-state index contributed by atoms with van der Waals surface area (Å²) in [4.78, 5) is 40.9. The van der Waals surface area contributed by atoms with E-state index in [1.807, 2.05) is 30.3 Å². The van der Waals surface area contributed by atoms with Gasteiger partial charge < -0.3 is 0 Å². The second-order valence-corrected chi connectivity index (χ2v) is 8.09. The molecule has 2 aromatic carbocycles. The Bertz CT molecular complexity index is 1050. The number of rotatable bonds is 3. The molecule has 0 bridgehead atoms. The number of carbonyl (C=O) groups excluding carboxylic acids is 3. The lowest BCUT2D eigenvalue weighted by atomic mass is 10.1. The molecule has 0 atom stereocenters. The highest BCUT2D eigenvalue weighted by Gasteiger charge is 2.42. The van der Waals surface area contributed by atoms with Crippen molar-refractivity contribution >= 4 is 57.3 Å². The van der Waals surface area contributed by atoms with Crippen LogP contribution in [0, 0.1) is 0 Å². The molecule has 0 aromatic heterocycles. The van der Waals surface area contributed by atoms with E-state index in [1.165, 1.54) is 11.8 Å². The van der Waals surface area contributed by atoms with E-state index in [0.29, 0.717) is 33.4 Å². The molecule has 0 N–H and O–H groups in total. The zero-order valence-electron chi connectivity index (χ0n) is 15.0. The number of hydrogen-bond acceptors (Lipinski definition) is 5. The van der Waals surface area contributed by atoms with Crippen molar-refractivity contribution in [3.05, 3.63) is 70.6 Å². The second kappa shape index (κ2) is 7.33. The van der Waals surface area contributed by atoms with Crippen molar-refractivity contribution in [3.8, 4) is 0 Å². The second-order valence-electron chi connectivity index (χ2n) is 6.44. The third-order valence-electron chi connectivity index (χ3n) is 4.69. The molecule has 0 unspecified atom stereocenters. The van der Waals surface area contributed by atoms with Crippen molar-refractivity contribution in [2.24, 2.45) is 0 Å². The van der Waals surface area contributed by atoms with E-state index in [-0.39, 0.29) is 17.4 Å². The van der Waals surface area contributed by atoms with Gasteiger partial charge in [-0.05, 0) is 18.1 Å². The number of imide groups is 1. The number of benzene rings is 2. The lowest BCUT2D eigenvalue weighted by Crippen LogP contribution is -2.32. The largest absolute Gasteiger partial charge is 0.293 e. The Morgan fingerprint density at radius 1 is 1.00 bits per heavy atom. The quantitative estimate of drug-likeness (QED) is 0.576. The SMILES string of the molecule is CC(=O)N1C(=O)/C(=C2/SC(=S)N(CCc3ccccc3)C2=O)c2ccccc21. The van der Waals surface area contributed by atoms with Gasteiger partial charge >= 0.3 is 0 Å². The summed E-state index contributed by atoms with van der Waals surface area (Å²) in [5.41, 5.74) is 2.45. The third kappa shape index (κ3) is 3.06. The number of fused-ring (bicyclic) bond motifs is 1. The van der Waals surface area contributed by atoms with Gasteiger partial charge in [-0.25, -0.2) is 4.90 Å². The van der Waals surface area contributed by atoms with Crippen LogP contribution in [-0.4, -0.2) is 33.5 Å². The van der Waals surface area contributed by atoms with Gasteiger partial charge in [0.15, 0.2) is 0 Å². The fourth-order valence-electron chi connectivity index (χ4n) is 3.38. The zero-order chi connectivity index (χ0) is 19.8. The maximum Gasteiger partial charge on any atom is 0.267 e. The molecule has 3 amide bonds. The molecule has 1 saturated heterocycles. The number of nitrogens with zero attached hydrogens (tertiary/aromatic N) is 2. The standard InChI is InChI=1S/C21H16N2O3S2/c1-13(24)23-16-10-6-5-9-15(16)17(19(23)25)18-20(26)22(21(27)28-18)12-11-14-7-3-2-4-8-14/h2-10H,11-12H2,1H3/b18-17+. The molecule has 0 spiro atoms. The van der Waals surface area contributed by atoms with E-state index in [0.717, 1.165) is 22.2 Å². The minimum atomic E-state index is -0.475. The maximum atomic E-state index is 13.1. The van der Waals surface area contributed by atoms with Gasteiger partial charge in [-0.15, -0.1) is 0 Å². The smallest absolute Gasteiger partial charge is 0.267 e. The van der Waals surface area contributed by atoms with Gasteiger partial charge in [0.1, 0.15) is 4.32 Å². The van der Waals surface area contributed by atoms with Crippen LogP contribution >= 0.6 is 24.0 Å². The Morgan fingerprint density at radius 2 is 1.68 bits per heavy atom. The number of para-hydroxylation sites is 1. The van der Waals surface area contributed by atoms with Crippen LogP contribution in [0.3, 0.4) is 0 Å². The first kappa shape index (κ1) is 18.6. The molecule has 7 heteroatoms. The zero-order valence-corrected chi connectivity index (χ0v) is 16.7. The van der Waals surface area contributed by atoms with Gasteiger partial charge in [0, 0.05) is 19.0 Å². The Labute approximate surface area is 172 Å². The number of thioether (sulfide) groups is 1. The minimum Gasteiger partial charge on any atom is -0.293 e. The summed E-state index contributed by atoms with van der Waals surface area (Å²) >= 11 is 6.53. The molecule has 0 radical (unpaired) electrons. The predicted octanol–water partition coefficient (Wildman–Crippen LogP) is 3.39. The molecule has 28 heavy (non-hydrogen) atoms. The van der Waals surface area contributed by atoms with E-state index < -0.39 is 5.91 Å². The van der Waals surface area contributed by atoms with Gasteiger partial charge in [-0.1, -0.05) is 72.5 Å². The fourth-order valence-corrected chi connectivity index (χ4v) is 4.76. The van der Waals surface area contributed by atoms with Gasteiger partial charge in [0.25, 0.3) is 11.8 Å². The van der Waals surface area contributed by atoms with Crippen molar-refractivity contribution in [1.82, 2.24) is 4.90 Å². The average Bonchev–Trinajstić information content (AvgIpc) is 3.13. The van der Waals surface area contributed by atoms with E-state index in [4.69, 9.17) is 12.2 Å². The normalized spacial score (nSPS) is 18.8. The van der Waals surface area contributed by atoms with E-state index >= 15 is 0 Å². The summed E-state index contributed by atoms with van der Waals surface area (Å²) in [7, 11) is 0. The lowest BCUT2D eigenvalue weighted by molar-refractivity contribution is -0.124. The average molecular weight is 409 g/mol. The van der Waals surface area contributed by atoms with Gasteiger partial charge in [-0.3, -0.25) is 19.3 Å². The van der Waals surface area contributed by atoms with Crippen LogP contribution in [0.1, 0.15) is 18.1 Å². The molecule has 5 nitrogen and oxygen atoms in total. The summed E-state index contributed by atoms with van der Waals surface area (Å²) in [5, 5.41) is 0. The van der Waals surface area contributed by atoms with Crippen LogP contribution in [-0.2, 0) is 20.8 Å². The lowest BCUT2D eigenvalue weighted by Gasteiger charge is -2.14. The van der Waals surface area contributed by atoms with Crippen molar-refractivity contribution in [2.45, 2.75) is 13.3 Å². The van der Waals surface area contributed by atoms with Crippen LogP contribution in [0.15, 0.2) is 59.5 Å². The molecular weight excluding hydrogens is 392 g/mol. The number of amides is 3. The summed E-state index contributed by atoms with van der Waals surface area (Å²) < 4.78 is 0.426. The Balaban J connectivity index is 1.68. The Morgan fingerprint density at radius 3 is 2.39 bits per heavy atom. The summed E-state index contributed by atoms with van der Waals surface area (Å²) in [5.74, 6) is -1.14. The molecule has 4 rings (SSSR count). The topological polar surface area (TPSA) is 57.7 Å². The minimum absolute atomic E-state index is 0.255. The van der Waals surface area contributed by atoms with E-state index in [1.54, 1.807) is 24.3 Å². The van der Waals surface area contributed by atoms with Crippen LogP contribution in [0.25, 0.3) is 5.57 Å². The molecule has 2 aliphatic rings. The van der Waals surface area contributed by atoms with Crippen molar-refractivity contribution in [2.75, 3.05) is 11.4 Å². The van der Waals surface area contributed by atoms with E-state index in [9.17, 15) is 14.4 Å². The molecule has 1 fully saturated rings. The van der Waals surface area contributed by atoms with E-state index in [2.05, 4.69) is 0 Å². The van der Waals surface area contributed by atoms with Crippen LogP contribution in [0.5, 0.6) is 0 Å². The fraction of sp³-hybridized carbons (Fsp3) is 0.143. The highest BCUT2D eigenvalue weighted by molar-refractivity contribution is 8.26. The van der Waals surface area contributed by atoms with Crippen LogP contribution in [0.4, 0.5) is 5.69 Å². The maximum absolute atomic E-state index is 13.1. The summed E-state index contributed by atoms with van der Waals surface area (Å²) in [6.07, 6.45) is 0.667. The number of thiocarbonyl (C=S) groups is 1. The monoisotopic (exact) mass is 408 g/mol. The first-order valence-corrected chi connectivity index (χ1v) is 9.98. The van der Waals surface area contributed by atoms with Crippen LogP contribution < -0.4 is 4.90 Å². The number of carbonyl (C=O) groups is 3. The summed E-state index contributed by atoms with van der Waals surface area (Å²) in [6, 6.07) is 16.8. The van der Waals surface area contributed by atoms with Gasteiger partial charge in [0.2, 0.25) is 5.91 Å².